The summed E-state index contributed by atoms with van der Waals surface area (Å²) in [6.07, 6.45) is 0. The number of nitrogens with zero attached hydrogens (tertiary/aromatic N) is 2. The topological polar surface area (TPSA) is 60.1 Å². The lowest BCUT2D eigenvalue weighted by atomic mass is 10.1. The van der Waals surface area contributed by atoms with Gasteiger partial charge in [0, 0.05) is 23.5 Å². The van der Waals surface area contributed by atoms with Gasteiger partial charge in [0.15, 0.2) is 0 Å². The molecule has 0 saturated carbocycles. The SMILES string of the molecule is Cc1ccc(C)n1NC(C)c1cccc([N+](=O)[O-])c1. The Morgan fingerprint density at radius 2 is 1.84 bits per heavy atom. The van der Waals surface area contributed by atoms with Crippen molar-refractivity contribution in [3.05, 3.63) is 63.5 Å². The fourth-order valence-corrected chi connectivity index (χ4v) is 2.05. The number of nitro groups is 1. The molecule has 0 spiro atoms. The summed E-state index contributed by atoms with van der Waals surface area (Å²) in [5.41, 5.74) is 6.56. The molecule has 0 amide bonds. The van der Waals surface area contributed by atoms with Crippen molar-refractivity contribution in [1.29, 1.82) is 0 Å². The highest BCUT2D eigenvalue weighted by molar-refractivity contribution is 5.36. The lowest BCUT2D eigenvalue weighted by Crippen LogP contribution is -2.20. The first-order chi connectivity index (χ1) is 8.99. The van der Waals surface area contributed by atoms with Crippen LogP contribution >= 0.6 is 0 Å². The molecule has 1 heterocycles. The molecule has 2 rings (SSSR count). The molecule has 1 N–H and O–H groups in total. The minimum atomic E-state index is -0.373. The summed E-state index contributed by atoms with van der Waals surface area (Å²) in [4.78, 5) is 10.4. The van der Waals surface area contributed by atoms with Crippen molar-refractivity contribution in [1.82, 2.24) is 4.68 Å². The largest absolute Gasteiger partial charge is 0.319 e. The maximum absolute atomic E-state index is 10.8. The van der Waals surface area contributed by atoms with Crippen molar-refractivity contribution < 1.29 is 4.92 Å². The molecule has 19 heavy (non-hydrogen) atoms. The highest BCUT2D eigenvalue weighted by Crippen LogP contribution is 2.20. The van der Waals surface area contributed by atoms with Crippen molar-refractivity contribution in [2.24, 2.45) is 0 Å². The fourth-order valence-electron chi connectivity index (χ4n) is 2.05. The van der Waals surface area contributed by atoms with Gasteiger partial charge < -0.3 is 5.43 Å². The van der Waals surface area contributed by atoms with Crippen LogP contribution in [0.2, 0.25) is 0 Å². The molecule has 0 aliphatic rings. The zero-order valence-electron chi connectivity index (χ0n) is 11.3. The standard InChI is InChI=1S/C14H17N3O2/c1-10-7-8-11(2)16(10)15-12(3)13-5-4-6-14(9-13)17(18)19/h4-9,12,15H,1-3H3. The molecule has 0 fully saturated rings. The van der Waals surface area contributed by atoms with Crippen molar-refractivity contribution in [2.75, 3.05) is 5.43 Å². The van der Waals surface area contributed by atoms with Gasteiger partial charge in [-0.15, -0.1) is 0 Å². The molecule has 1 atom stereocenters. The van der Waals surface area contributed by atoms with E-state index in [-0.39, 0.29) is 16.7 Å². The van der Waals surface area contributed by atoms with Gasteiger partial charge in [-0.3, -0.25) is 14.8 Å². The summed E-state index contributed by atoms with van der Waals surface area (Å²) in [7, 11) is 0. The number of nitro benzene ring substituents is 1. The van der Waals surface area contributed by atoms with E-state index < -0.39 is 0 Å². The molecule has 0 aliphatic heterocycles. The van der Waals surface area contributed by atoms with Gasteiger partial charge in [0.05, 0.1) is 11.0 Å². The van der Waals surface area contributed by atoms with Crippen LogP contribution in [0.25, 0.3) is 0 Å². The minimum Gasteiger partial charge on any atom is -0.319 e. The smallest absolute Gasteiger partial charge is 0.269 e. The number of hydrogen-bond donors (Lipinski definition) is 1. The van der Waals surface area contributed by atoms with E-state index in [0.29, 0.717) is 0 Å². The van der Waals surface area contributed by atoms with E-state index in [1.807, 2.05) is 43.6 Å². The van der Waals surface area contributed by atoms with Crippen LogP contribution in [0.4, 0.5) is 5.69 Å². The summed E-state index contributed by atoms with van der Waals surface area (Å²) in [6, 6.07) is 10.8. The summed E-state index contributed by atoms with van der Waals surface area (Å²) in [5, 5.41) is 10.8. The van der Waals surface area contributed by atoms with Crippen LogP contribution in [0.3, 0.4) is 0 Å². The highest BCUT2D eigenvalue weighted by atomic mass is 16.6. The van der Waals surface area contributed by atoms with E-state index in [0.717, 1.165) is 17.0 Å². The molecule has 2 aromatic rings. The fraction of sp³-hybridized carbons (Fsp3) is 0.286. The number of aromatic nitrogens is 1. The van der Waals surface area contributed by atoms with E-state index in [1.54, 1.807) is 12.1 Å². The maximum atomic E-state index is 10.8. The lowest BCUT2D eigenvalue weighted by molar-refractivity contribution is -0.384. The van der Waals surface area contributed by atoms with Gasteiger partial charge in [-0.05, 0) is 38.5 Å². The molecule has 5 nitrogen and oxygen atoms in total. The Bertz CT molecular complexity index is 585. The monoisotopic (exact) mass is 259 g/mol. The molecule has 1 aromatic carbocycles. The Morgan fingerprint density at radius 1 is 1.21 bits per heavy atom. The number of rotatable bonds is 4. The van der Waals surface area contributed by atoms with Gasteiger partial charge in [-0.25, -0.2) is 0 Å². The summed E-state index contributed by atoms with van der Waals surface area (Å²) >= 11 is 0. The quantitative estimate of drug-likeness (QED) is 0.676. The Labute approximate surface area is 112 Å². The van der Waals surface area contributed by atoms with Crippen molar-refractivity contribution >= 4 is 5.69 Å². The average Bonchev–Trinajstić information content (AvgIpc) is 2.70. The van der Waals surface area contributed by atoms with Crippen molar-refractivity contribution in [3.8, 4) is 0 Å². The van der Waals surface area contributed by atoms with Crippen LogP contribution in [0.15, 0.2) is 36.4 Å². The zero-order chi connectivity index (χ0) is 14.0. The first-order valence-corrected chi connectivity index (χ1v) is 6.15. The highest BCUT2D eigenvalue weighted by Gasteiger charge is 2.12. The van der Waals surface area contributed by atoms with Crippen molar-refractivity contribution in [2.45, 2.75) is 26.8 Å². The number of aryl methyl sites for hydroxylation is 2. The molecular formula is C14H17N3O2. The van der Waals surface area contributed by atoms with Crippen molar-refractivity contribution in [3.63, 3.8) is 0 Å². The van der Waals surface area contributed by atoms with E-state index in [9.17, 15) is 10.1 Å². The van der Waals surface area contributed by atoms with Gasteiger partial charge in [-0.2, -0.15) is 0 Å². The second-order valence-electron chi connectivity index (χ2n) is 4.65. The second-order valence-corrected chi connectivity index (χ2v) is 4.65. The summed E-state index contributed by atoms with van der Waals surface area (Å²) in [5.74, 6) is 0. The number of benzene rings is 1. The van der Waals surface area contributed by atoms with Gasteiger partial charge in [0.25, 0.3) is 5.69 Å². The van der Waals surface area contributed by atoms with Crippen LogP contribution in [0.5, 0.6) is 0 Å². The van der Waals surface area contributed by atoms with E-state index in [1.165, 1.54) is 6.07 Å². The Balaban J connectivity index is 2.23. The molecular weight excluding hydrogens is 242 g/mol. The number of hydrogen-bond acceptors (Lipinski definition) is 3. The number of nitrogens with one attached hydrogen (secondary N) is 1. The summed E-state index contributed by atoms with van der Waals surface area (Å²) < 4.78 is 1.99. The van der Waals surface area contributed by atoms with Gasteiger partial charge in [0.1, 0.15) is 0 Å². The lowest BCUT2D eigenvalue weighted by Gasteiger charge is -2.19. The maximum Gasteiger partial charge on any atom is 0.269 e. The van der Waals surface area contributed by atoms with Crippen LogP contribution < -0.4 is 5.43 Å². The molecule has 0 bridgehead atoms. The Morgan fingerprint density at radius 3 is 2.42 bits per heavy atom. The Hall–Kier alpha value is -2.30. The first kappa shape index (κ1) is 13.1. The average molecular weight is 259 g/mol. The third-order valence-corrected chi connectivity index (χ3v) is 3.17. The second kappa shape index (κ2) is 5.14. The van der Waals surface area contributed by atoms with Gasteiger partial charge in [-0.1, -0.05) is 12.1 Å². The molecule has 1 unspecified atom stereocenters. The van der Waals surface area contributed by atoms with Gasteiger partial charge >= 0.3 is 0 Å². The molecule has 100 valence electrons. The predicted molar refractivity (Wildman–Crippen MR) is 74.8 cm³/mol. The zero-order valence-corrected chi connectivity index (χ0v) is 11.3. The normalized spacial score (nSPS) is 12.2. The summed E-state index contributed by atoms with van der Waals surface area (Å²) in [6.45, 7) is 6.01. The molecule has 0 aliphatic carbocycles. The molecule has 0 saturated heterocycles. The minimum absolute atomic E-state index is 0.00954. The van der Waals surface area contributed by atoms with E-state index in [4.69, 9.17) is 0 Å². The third-order valence-electron chi connectivity index (χ3n) is 3.17. The predicted octanol–water partition coefficient (Wildman–Crippen LogP) is 3.32. The molecule has 5 heteroatoms. The van der Waals surface area contributed by atoms with Crippen LogP contribution in [0.1, 0.15) is 29.9 Å². The van der Waals surface area contributed by atoms with E-state index >= 15 is 0 Å². The number of non-ortho nitro benzene ring substituents is 1. The molecule has 1 aromatic heterocycles. The van der Waals surface area contributed by atoms with E-state index in [2.05, 4.69) is 5.43 Å². The van der Waals surface area contributed by atoms with Crippen LogP contribution in [-0.2, 0) is 0 Å². The first-order valence-electron chi connectivity index (χ1n) is 6.15. The Kier molecular flexibility index (Phi) is 3.55. The van der Waals surface area contributed by atoms with Crippen LogP contribution in [0, 0.1) is 24.0 Å². The third kappa shape index (κ3) is 2.76. The van der Waals surface area contributed by atoms with Crippen LogP contribution in [-0.4, -0.2) is 9.60 Å². The van der Waals surface area contributed by atoms with Gasteiger partial charge in [0.2, 0.25) is 0 Å². The molecule has 0 radical (unpaired) electrons.